The van der Waals surface area contributed by atoms with Crippen molar-refractivity contribution < 1.29 is 9.21 Å². The van der Waals surface area contributed by atoms with E-state index in [0.717, 1.165) is 16.4 Å². The molecule has 1 unspecified atom stereocenters. The number of likely N-dealkylation sites (N-methyl/N-ethyl adjacent to an activating group) is 1. The molecule has 110 valence electrons. The van der Waals surface area contributed by atoms with E-state index in [4.69, 9.17) is 4.42 Å². The molecule has 0 aliphatic heterocycles. The van der Waals surface area contributed by atoms with Gasteiger partial charge in [0.25, 0.3) is 5.91 Å². The Kier molecular flexibility index (Phi) is 6.26. The highest BCUT2D eigenvalue weighted by atomic mass is 35.5. The number of carbonyl (C=O) groups excluding carboxylic acids is 1. The molecule has 2 aromatic heterocycles. The first-order chi connectivity index (χ1) is 9.08. The van der Waals surface area contributed by atoms with Gasteiger partial charge >= 0.3 is 0 Å². The Morgan fingerprint density at radius 3 is 2.65 bits per heavy atom. The highest BCUT2D eigenvalue weighted by molar-refractivity contribution is 7.12. The summed E-state index contributed by atoms with van der Waals surface area (Å²) < 4.78 is 5.64. The van der Waals surface area contributed by atoms with Gasteiger partial charge in [-0.1, -0.05) is 6.07 Å². The van der Waals surface area contributed by atoms with Crippen molar-refractivity contribution in [3.8, 4) is 0 Å². The monoisotopic (exact) mass is 314 g/mol. The van der Waals surface area contributed by atoms with Gasteiger partial charge in [-0.2, -0.15) is 0 Å². The van der Waals surface area contributed by atoms with Crippen LogP contribution in [0.25, 0.3) is 0 Å². The summed E-state index contributed by atoms with van der Waals surface area (Å²) in [5.41, 5.74) is 0. The van der Waals surface area contributed by atoms with Crippen LogP contribution >= 0.6 is 23.7 Å². The highest BCUT2D eigenvalue weighted by Gasteiger charge is 2.19. The van der Waals surface area contributed by atoms with Gasteiger partial charge in [0.15, 0.2) is 0 Å². The van der Waals surface area contributed by atoms with Crippen LogP contribution in [-0.2, 0) is 0 Å². The first kappa shape index (κ1) is 16.8. The average molecular weight is 315 g/mol. The molecule has 0 aliphatic carbocycles. The molecule has 1 amide bonds. The third-order valence-electron chi connectivity index (χ3n) is 2.91. The summed E-state index contributed by atoms with van der Waals surface area (Å²) in [7, 11) is 3.94. The Bertz CT molecular complexity index is 537. The Hall–Kier alpha value is -1.30. The van der Waals surface area contributed by atoms with Crippen molar-refractivity contribution in [1.29, 1.82) is 0 Å². The number of carbonyl (C=O) groups is 1. The topological polar surface area (TPSA) is 45.5 Å². The van der Waals surface area contributed by atoms with E-state index in [1.807, 2.05) is 55.6 Å². The van der Waals surface area contributed by atoms with Gasteiger partial charge in [-0.05, 0) is 44.6 Å². The predicted molar refractivity (Wildman–Crippen MR) is 83.8 cm³/mol. The van der Waals surface area contributed by atoms with Gasteiger partial charge in [-0.25, -0.2) is 0 Å². The number of hydrogen-bond donors (Lipinski definition) is 1. The summed E-state index contributed by atoms with van der Waals surface area (Å²) in [6.45, 7) is 2.44. The number of aryl methyl sites for hydroxylation is 1. The normalized spacial score (nSPS) is 12.0. The van der Waals surface area contributed by atoms with Gasteiger partial charge in [-0.15, -0.1) is 23.7 Å². The Morgan fingerprint density at radius 2 is 2.15 bits per heavy atom. The number of amides is 1. The Balaban J connectivity index is 0.00000200. The molecule has 2 heterocycles. The molecular weight excluding hydrogens is 296 g/mol. The maximum Gasteiger partial charge on any atom is 0.261 e. The molecule has 1 N–H and O–H groups in total. The molecule has 0 aliphatic rings. The summed E-state index contributed by atoms with van der Waals surface area (Å²) in [5.74, 6) is 1.71. The maximum absolute atomic E-state index is 11.9. The zero-order valence-electron chi connectivity index (χ0n) is 11.8. The van der Waals surface area contributed by atoms with Crippen LogP contribution in [0.4, 0.5) is 0 Å². The summed E-state index contributed by atoms with van der Waals surface area (Å²) in [6, 6.07) is 7.63. The zero-order chi connectivity index (χ0) is 13.8. The first-order valence-electron chi connectivity index (χ1n) is 6.12. The minimum Gasteiger partial charge on any atom is -0.465 e. The Labute approximate surface area is 129 Å². The van der Waals surface area contributed by atoms with E-state index in [1.165, 1.54) is 11.3 Å². The number of nitrogens with one attached hydrogen (secondary N) is 1. The van der Waals surface area contributed by atoms with Crippen LogP contribution in [0.5, 0.6) is 0 Å². The minimum absolute atomic E-state index is 0. The molecule has 0 saturated carbocycles. The minimum atomic E-state index is -0.0369. The first-order valence-corrected chi connectivity index (χ1v) is 7.00. The molecule has 2 rings (SSSR count). The largest absolute Gasteiger partial charge is 0.465 e. The number of thiophene rings is 1. The van der Waals surface area contributed by atoms with Gasteiger partial charge in [0.05, 0.1) is 10.9 Å². The van der Waals surface area contributed by atoms with Crippen LogP contribution in [0.3, 0.4) is 0 Å². The third kappa shape index (κ3) is 4.10. The second-order valence-corrected chi connectivity index (χ2v) is 5.56. The molecule has 1 atom stereocenters. The van der Waals surface area contributed by atoms with Crippen LogP contribution in [0.15, 0.2) is 34.1 Å². The zero-order valence-corrected chi connectivity index (χ0v) is 13.4. The van der Waals surface area contributed by atoms with Crippen molar-refractivity contribution in [2.24, 2.45) is 0 Å². The summed E-state index contributed by atoms with van der Waals surface area (Å²) in [5, 5.41) is 4.84. The van der Waals surface area contributed by atoms with Crippen molar-refractivity contribution >= 4 is 29.7 Å². The van der Waals surface area contributed by atoms with Crippen molar-refractivity contribution in [2.45, 2.75) is 13.0 Å². The number of halogens is 1. The summed E-state index contributed by atoms with van der Waals surface area (Å²) >= 11 is 1.44. The van der Waals surface area contributed by atoms with E-state index in [-0.39, 0.29) is 24.4 Å². The van der Waals surface area contributed by atoms with Crippen LogP contribution < -0.4 is 5.32 Å². The molecule has 0 fully saturated rings. The number of nitrogens with zero attached hydrogens (tertiary/aromatic N) is 1. The fraction of sp³-hybridized carbons (Fsp3) is 0.357. The predicted octanol–water partition coefficient (Wildman–Crippen LogP) is 3.10. The molecule has 0 bridgehead atoms. The SMILES string of the molecule is Cc1ccc(C(CNC(=O)c2cccs2)N(C)C)o1.Cl. The second kappa shape index (κ2) is 7.47. The van der Waals surface area contributed by atoms with Crippen molar-refractivity contribution in [3.63, 3.8) is 0 Å². The average Bonchev–Trinajstić information content (AvgIpc) is 3.00. The van der Waals surface area contributed by atoms with Gasteiger partial charge in [0.1, 0.15) is 11.5 Å². The standard InChI is InChI=1S/C14H18N2O2S.ClH/c1-10-6-7-12(18-10)11(16(2)3)9-15-14(17)13-5-4-8-19-13;/h4-8,11H,9H2,1-3H3,(H,15,17);1H. The van der Waals surface area contributed by atoms with E-state index >= 15 is 0 Å². The second-order valence-electron chi connectivity index (χ2n) is 4.62. The van der Waals surface area contributed by atoms with Gasteiger partial charge in [-0.3, -0.25) is 9.69 Å². The number of furan rings is 1. The van der Waals surface area contributed by atoms with E-state index in [9.17, 15) is 4.79 Å². The fourth-order valence-corrected chi connectivity index (χ4v) is 2.49. The lowest BCUT2D eigenvalue weighted by Gasteiger charge is -2.22. The lowest BCUT2D eigenvalue weighted by atomic mass is 10.2. The lowest BCUT2D eigenvalue weighted by Crippen LogP contribution is -2.34. The van der Waals surface area contributed by atoms with Gasteiger partial charge in [0.2, 0.25) is 0 Å². The summed E-state index contributed by atoms with van der Waals surface area (Å²) in [6.07, 6.45) is 0. The molecule has 0 saturated heterocycles. The van der Waals surface area contributed by atoms with Crippen LogP contribution in [-0.4, -0.2) is 31.4 Å². The summed E-state index contributed by atoms with van der Waals surface area (Å²) in [4.78, 5) is 14.7. The molecule has 4 nitrogen and oxygen atoms in total. The fourth-order valence-electron chi connectivity index (χ4n) is 1.85. The van der Waals surface area contributed by atoms with E-state index in [0.29, 0.717) is 6.54 Å². The van der Waals surface area contributed by atoms with Crippen LogP contribution in [0.1, 0.15) is 27.2 Å². The van der Waals surface area contributed by atoms with Gasteiger partial charge in [0, 0.05) is 6.54 Å². The maximum atomic E-state index is 11.9. The van der Waals surface area contributed by atoms with E-state index < -0.39 is 0 Å². The van der Waals surface area contributed by atoms with Crippen LogP contribution in [0.2, 0.25) is 0 Å². The van der Waals surface area contributed by atoms with E-state index in [2.05, 4.69) is 5.32 Å². The molecule has 0 spiro atoms. The smallest absolute Gasteiger partial charge is 0.261 e. The van der Waals surface area contributed by atoms with Gasteiger partial charge < -0.3 is 9.73 Å². The van der Waals surface area contributed by atoms with Crippen molar-refractivity contribution in [1.82, 2.24) is 10.2 Å². The quantitative estimate of drug-likeness (QED) is 0.922. The molecule has 0 aromatic carbocycles. The number of rotatable bonds is 5. The van der Waals surface area contributed by atoms with E-state index in [1.54, 1.807) is 0 Å². The third-order valence-corrected chi connectivity index (χ3v) is 3.78. The molecule has 20 heavy (non-hydrogen) atoms. The lowest BCUT2D eigenvalue weighted by molar-refractivity contribution is 0.0943. The molecule has 0 radical (unpaired) electrons. The van der Waals surface area contributed by atoms with Crippen molar-refractivity contribution in [2.75, 3.05) is 20.6 Å². The number of hydrogen-bond acceptors (Lipinski definition) is 4. The Morgan fingerprint density at radius 1 is 1.40 bits per heavy atom. The molecule has 6 heteroatoms. The van der Waals surface area contributed by atoms with Crippen molar-refractivity contribution in [3.05, 3.63) is 46.0 Å². The molecular formula is C14H19ClN2O2S. The van der Waals surface area contributed by atoms with Crippen LogP contribution in [0, 0.1) is 6.92 Å². The molecule has 2 aromatic rings. The highest BCUT2D eigenvalue weighted by Crippen LogP contribution is 2.20.